The van der Waals surface area contributed by atoms with Gasteiger partial charge in [0.1, 0.15) is 16.9 Å². The van der Waals surface area contributed by atoms with E-state index >= 15 is 0 Å². The Kier molecular flexibility index (Phi) is 5.69. The van der Waals surface area contributed by atoms with Crippen molar-refractivity contribution in [2.24, 2.45) is 5.73 Å². The van der Waals surface area contributed by atoms with Gasteiger partial charge in [-0.25, -0.2) is 4.98 Å². The fourth-order valence-electron chi connectivity index (χ4n) is 3.24. The topological polar surface area (TPSA) is 137 Å². The second kappa shape index (κ2) is 8.43. The lowest BCUT2D eigenvalue weighted by Gasteiger charge is -2.15. The Hall–Kier alpha value is -3.33. The van der Waals surface area contributed by atoms with Crippen molar-refractivity contribution in [2.75, 3.05) is 11.9 Å². The summed E-state index contributed by atoms with van der Waals surface area (Å²) in [6, 6.07) is 11.5. The predicted octanol–water partition coefficient (Wildman–Crippen LogP) is 3.47. The zero-order valence-corrected chi connectivity index (χ0v) is 17.5. The van der Waals surface area contributed by atoms with Crippen molar-refractivity contribution in [3.8, 4) is 11.4 Å². The smallest absolute Gasteiger partial charge is 0.261 e. The zero-order chi connectivity index (χ0) is 22.1. The summed E-state index contributed by atoms with van der Waals surface area (Å²) < 4.78 is 0. The van der Waals surface area contributed by atoms with E-state index in [0.717, 1.165) is 0 Å². The van der Waals surface area contributed by atoms with Crippen molar-refractivity contribution < 1.29 is 9.90 Å². The molecule has 0 spiro atoms. The molecule has 0 aliphatic carbocycles. The lowest BCUT2D eigenvalue weighted by Crippen LogP contribution is -2.17. The van der Waals surface area contributed by atoms with E-state index in [2.05, 4.69) is 20.3 Å². The van der Waals surface area contributed by atoms with Gasteiger partial charge < -0.3 is 26.1 Å². The first-order valence-corrected chi connectivity index (χ1v) is 9.97. The SMILES string of the molecule is NC(=O)c1cc(Cl)c2nc(-c3c(NCC(O)c4cccc(Cl)c4)cc[nH]c3=O)[nH]c2c1. The molecular weight excluding hydrogens is 441 g/mol. The van der Waals surface area contributed by atoms with Crippen LogP contribution in [0, 0.1) is 0 Å². The number of H-pyrrole nitrogens is 2. The second-order valence-electron chi connectivity index (χ2n) is 6.85. The molecule has 1 amide bonds. The van der Waals surface area contributed by atoms with Gasteiger partial charge in [0.05, 0.1) is 22.3 Å². The number of anilines is 1. The van der Waals surface area contributed by atoms with Gasteiger partial charge in [0.2, 0.25) is 5.91 Å². The van der Waals surface area contributed by atoms with Crippen LogP contribution in [0.5, 0.6) is 0 Å². The van der Waals surface area contributed by atoms with Crippen LogP contribution in [-0.2, 0) is 0 Å². The van der Waals surface area contributed by atoms with Crippen molar-refractivity contribution in [1.82, 2.24) is 15.0 Å². The van der Waals surface area contributed by atoms with Gasteiger partial charge >= 0.3 is 0 Å². The summed E-state index contributed by atoms with van der Waals surface area (Å²) >= 11 is 12.2. The van der Waals surface area contributed by atoms with Gasteiger partial charge in [-0.05, 0) is 35.9 Å². The highest BCUT2D eigenvalue weighted by molar-refractivity contribution is 6.35. The van der Waals surface area contributed by atoms with Crippen LogP contribution in [0.15, 0.2) is 53.5 Å². The fourth-order valence-corrected chi connectivity index (χ4v) is 3.70. The average molecular weight is 458 g/mol. The van der Waals surface area contributed by atoms with E-state index < -0.39 is 17.6 Å². The minimum absolute atomic E-state index is 0.129. The van der Waals surface area contributed by atoms with Crippen LogP contribution in [-0.4, -0.2) is 32.5 Å². The summed E-state index contributed by atoms with van der Waals surface area (Å²) in [6.07, 6.45) is 0.634. The van der Waals surface area contributed by atoms with Crippen molar-refractivity contribution in [2.45, 2.75) is 6.10 Å². The first-order valence-electron chi connectivity index (χ1n) is 9.22. The average Bonchev–Trinajstić information content (AvgIpc) is 3.16. The van der Waals surface area contributed by atoms with Crippen LogP contribution < -0.4 is 16.6 Å². The van der Waals surface area contributed by atoms with Crippen LogP contribution in [0.25, 0.3) is 22.4 Å². The first-order chi connectivity index (χ1) is 14.8. The Bertz CT molecular complexity index is 1350. The number of aliphatic hydroxyl groups excluding tert-OH is 1. The number of aliphatic hydroxyl groups is 1. The van der Waals surface area contributed by atoms with Crippen LogP contribution in [0.4, 0.5) is 5.69 Å². The molecule has 6 N–H and O–H groups in total. The number of aromatic amines is 2. The maximum absolute atomic E-state index is 12.6. The number of pyridine rings is 1. The number of carbonyl (C=O) groups is 1. The minimum Gasteiger partial charge on any atom is -0.387 e. The van der Waals surface area contributed by atoms with Crippen molar-refractivity contribution in [1.29, 1.82) is 0 Å². The van der Waals surface area contributed by atoms with E-state index in [4.69, 9.17) is 28.9 Å². The van der Waals surface area contributed by atoms with E-state index in [0.29, 0.717) is 27.3 Å². The Balaban J connectivity index is 1.69. The van der Waals surface area contributed by atoms with Crippen LogP contribution in [0.2, 0.25) is 10.0 Å². The number of benzene rings is 2. The number of halogens is 2. The molecule has 158 valence electrons. The third kappa shape index (κ3) is 4.27. The molecule has 4 aromatic rings. The Morgan fingerprint density at radius 1 is 1.23 bits per heavy atom. The van der Waals surface area contributed by atoms with E-state index in [1.807, 2.05) is 0 Å². The van der Waals surface area contributed by atoms with E-state index in [1.165, 1.54) is 18.3 Å². The molecule has 0 saturated carbocycles. The maximum Gasteiger partial charge on any atom is 0.261 e. The second-order valence-corrected chi connectivity index (χ2v) is 7.69. The summed E-state index contributed by atoms with van der Waals surface area (Å²) in [5, 5.41) is 14.3. The number of hydrogen-bond donors (Lipinski definition) is 5. The molecule has 0 radical (unpaired) electrons. The summed E-state index contributed by atoms with van der Waals surface area (Å²) in [5.74, 6) is -0.380. The molecule has 1 unspecified atom stereocenters. The normalized spacial score (nSPS) is 12.1. The molecule has 10 heteroatoms. The molecule has 2 heterocycles. The third-order valence-electron chi connectivity index (χ3n) is 4.74. The molecule has 0 fully saturated rings. The zero-order valence-electron chi connectivity index (χ0n) is 15.9. The molecule has 0 bridgehead atoms. The number of fused-ring (bicyclic) bond motifs is 1. The van der Waals surface area contributed by atoms with Gasteiger partial charge in [0, 0.05) is 23.3 Å². The number of imidazole rings is 1. The fraction of sp³-hybridized carbons (Fsp3) is 0.0952. The largest absolute Gasteiger partial charge is 0.387 e. The van der Waals surface area contributed by atoms with Gasteiger partial charge in [-0.1, -0.05) is 35.3 Å². The Morgan fingerprint density at radius 2 is 2.03 bits per heavy atom. The number of carbonyl (C=O) groups excluding carboxylic acids is 1. The van der Waals surface area contributed by atoms with Crippen LogP contribution in [0.1, 0.15) is 22.0 Å². The summed E-state index contributed by atoms with van der Waals surface area (Å²) in [5.41, 5.74) is 7.34. The first kappa shape index (κ1) is 20.9. The molecule has 0 aliphatic heterocycles. The predicted molar refractivity (Wildman–Crippen MR) is 121 cm³/mol. The monoisotopic (exact) mass is 457 g/mol. The lowest BCUT2D eigenvalue weighted by atomic mass is 10.1. The summed E-state index contributed by atoms with van der Waals surface area (Å²) in [4.78, 5) is 34.1. The number of amides is 1. The minimum atomic E-state index is -0.853. The number of nitrogens with two attached hydrogens (primary N) is 1. The quantitative estimate of drug-likeness (QED) is 0.301. The molecule has 0 saturated heterocycles. The number of aromatic nitrogens is 3. The van der Waals surface area contributed by atoms with Gasteiger partial charge in [-0.3, -0.25) is 9.59 Å². The molecule has 31 heavy (non-hydrogen) atoms. The van der Waals surface area contributed by atoms with Gasteiger partial charge in [-0.15, -0.1) is 0 Å². The van der Waals surface area contributed by atoms with E-state index in [-0.39, 0.29) is 28.5 Å². The number of nitrogens with zero attached hydrogens (tertiary/aromatic N) is 1. The number of primary amides is 1. The Labute approximate surface area is 186 Å². The molecule has 2 aromatic heterocycles. The molecule has 4 rings (SSSR count). The van der Waals surface area contributed by atoms with E-state index in [9.17, 15) is 14.7 Å². The number of nitrogens with one attached hydrogen (secondary N) is 3. The standard InChI is InChI=1S/C21H17Cl2N5O3/c22-12-3-1-2-10(6-12)16(29)9-26-14-4-5-25-21(31)17(14)20-27-15-8-11(19(24)30)7-13(23)18(15)28-20/h1-8,16,29H,9H2,(H2,24,30)(H,27,28)(H2,25,26,31). The summed E-state index contributed by atoms with van der Waals surface area (Å²) in [7, 11) is 0. The third-order valence-corrected chi connectivity index (χ3v) is 5.26. The van der Waals surface area contributed by atoms with Crippen LogP contribution >= 0.6 is 23.2 Å². The van der Waals surface area contributed by atoms with Crippen molar-refractivity contribution >= 4 is 45.8 Å². The van der Waals surface area contributed by atoms with Gasteiger partial charge in [0.15, 0.2) is 0 Å². The highest BCUT2D eigenvalue weighted by Gasteiger charge is 2.18. The molecule has 8 nitrogen and oxygen atoms in total. The molecule has 1 atom stereocenters. The number of rotatable bonds is 6. The molecule has 0 aliphatic rings. The van der Waals surface area contributed by atoms with Gasteiger partial charge in [-0.2, -0.15) is 0 Å². The van der Waals surface area contributed by atoms with Gasteiger partial charge in [0.25, 0.3) is 5.56 Å². The molecule has 2 aromatic carbocycles. The van der Waals surface area contributed by atoms with Crippen molar-refractivity contribution in [3.63, 3.8) is 0 Å². The lowest BCUT2D eigenvalue weighted by molar-refractivity contribution is 0.100. The summed E-state index contributed by atoms with van der Waals surface area (Å²) in [6.45, 7) is 0.129. The maximum atomic E-state index is 12.6. The van der Waals surface area contributed by atoms with Crippen molar-refractivity contribution in [3.05, 3.63) is 80.2 Å². The highest BCUT2D eigenvalue weighted by Crippen LogP contribution is 2.29. The highest BCUT2D eigenvalue weighted by atomic mass is 35.5. The van der Waals surface area contributed by atoms with Crippen LogP contribution in [0.3, 0.4) is 0 Å². The Morgan fingerprint density at radius 3 is 2.77 bits per heavy atom. The van der Waals surface area contributed by atoms with E-state index in [1.54, 1.807) is 30.3 Å². The molecular formula is C21H17Cl2N5O3. The number of hydrogen-bond acceptors (Lipinski definition) is 5.